The van der Waals surface area contributed by atoms with Gasteiger partial charge in [-0.2, -0.15) is 0 Å². The van der Waals surface area contributed by atoms with Crippen LogP contribution in [0.15, 0.2) is 11.6 Å². The molecule has 4 rings (SSSR count). The van der Waals surface area contributed by atoms with Crippen LogP contribution in [-0.2, 0) is 14.4 Å². The van der Waals surface area contributed by atoms with Crippen LogP contribution < -0.4 is 0 Å². The average Bonchev–Trinajstić information content (AvgIpc) is 3.12. The van der Waals surface area contributed by atoms with Crippen LogP contribution in [0.4, 0.5) is 0 Å². The third-order valence-electron chi connectivity index (χ3n) is 11.8. The van der Waals surface area contributed by atoms with Gasteiger partial charge in [0, 0.05) is 17.8 Å². The fourth-order valence-corrected chi connectivity index (χ4v) is 8.91. The predicted molar refractivity (Wildman–Crippen MR) is 139 cm³/mol. The molecule has 0 unspecified atom stereocenters. The molecule has 0 radical (unpaired) electrons. The second-order valence-electron chi connectivity index (χ2n) is 14.0. The van der Waals surface area contributed by atoms with Crippen molar-refractivity contribution < 1.29 is 19.5 Å². The predicted octanol–water partition coefficient (Wildman–Crippen LogP) is 6.49. The first kappa shape index (κ1) is 26.8. The molecule has 1 N–H and O–H groups in total. The van der Waals surface area contributed by atoms with Crippen molar-refractivity contribution >= 4 is 17.3 Å². The molecule has 8 atom stereocenters. The largest absolute Gasteiger partial charge is 0.382 e. The molecule has 3 saturated carbocycles. The van der Waals surface area contributed by atoms with Gasteiger partial charge in [0.2, 0.25) is 0 Å². The summed E-state index contributed by atoms with van der Waals surface area (Å²) in [5.41, 5.74) is -0.395. The molecular weight excluding hydrogens is 436 g/mol. The summed E-state index contributed by atoms with van der Waals surface area (Å²) in [6.07, 6.45) is 11.2. The lowest BCUT2D eigenvalue weighted by molar-refractivity contribution is -0.145. The molecule has 0 aromatic heterocycles. The van der Waals surface area contributed by atoms with Crippen LogP contribution in [0.5, 0.6) is 0 Å². The molecule has 4 aliphatic carbocycles. The highest BCUT2D eigenvalue weighted by atomic mass is 16.3. The average molecular weight is 485 g/mol. The minimum absolute atomic E-state index is 0.0798. The third-order valence-corrected chi connectivity index (χ3v) is 11.8. The number of hydrogen-bond acceptors (Lipinski definition) is 4. The fourth-order valence-electron chi connectivity index (χ4n) is 8.91. The monoisotopic (exact) mass is 484 g/mol. The standard InChI is InChI=1S/C31H48O4/c1-19(9-8-13-28(4,5)20(2)32)23-10-11-24-27-25(12-14-30(23,24)7)29(6)15-16-31(35,21(3)33)18-22(29)17-26(27)34/h17,19,23-25,27,35H,8-16,18H2,1-7H3/t19-,23-,24+,25+,27+,29+,30-,31+/m1/s1. The first-order valence-electron chi connectivity index (χ1n) is 14.1. The van der Waals surface area contributed by atoms with Crippen molar-refractivity contribution in [2.45, 2.75) is 118 Å². The lowest BCUT2D eigenvalue weighted by Crippen LogP contribution is -2.56. The summed E-state index contributed by atoms with van der Waals surface area (Å²) in [5, 5.41) is 10.9. The minimum atomic E-state index is -1.30. The number of Topliss-reactive ketones (excluding diaryl/α,β-unsaturated/α-hetero) is 2. The van der Waals surface area contributed by atoms with Gasteiger partial charge >= 0.3 is 0 Å². The lowest BCUT2D eigenvalue weighted by atomic mass is 9.46. The van der Waals surface area contributed by atoms with Gasteiger partial charge in [-0.25, -0.2) is 0 Å². The van der Waals surface area contributed by atoms with Gasteiger partial charge in [-0.05, 0) is 99.4 Å². The maximum Gasteiger partial charge on any atom is 0.161 e. The van der Waals surface area contributed by atoms with Crippen molar-refractivity contribution in [3.05, 3.63) is 11.6 Å². The zero-order valence-corrected chi connectivity index (χ0v) is 23.2. The van der Waals surface area contributed by atoms with E-state index in [0.29, 0.717) is 36.5 Å². The molecule has 0 aliphatic heterocycles. The second-order valence-corrected chi connectivity index (χ2v) is 14.0. The molecule has 35 heavy (non-hydrogen) atoms. The van der Waals surface area contributed by atoms with Crippen LogP contribution in [0, 0.1) is 45.8 Å². The van der Waals surface area contributed by atoms with E-state index in [9.17, 15) is 19.5 Å². The highest BCUT2D eigenvalue weighted by Gasteiger charge is 2.62. The molecule has 0 spiro atoms. The Hall–Kier alpha value is -1.29. The molecule has 0 amide bonds. The van der Waals surface area contributed by atoms with Crippen LogP contribution in [-0.4, -0.2) is 28.1 Å². The second kappa shape index (κ2) is 8.92. The topological polar surface area (TPSA) is 71.4 Å². The minimum Gasteiger partial charge on any atom is -0.382 e. The molecule has 0 aromatic carbocycles. The quantitative estimate of drug-likeness (QED) is 0.448. The van der Waals surface area contributed by atoms with Crippen molar-refractivity contribution in [1.29, 1.82) is 0 Å². The fraction of sp³-hybridized carbons (Fsp3) is 0.839. The number of fused-ring (bicyclic) bond motifs is 5. The Balaban J connectivity index is 1.51. The summed E-state index contributed by atoms with van der Waals surface area (Å²) >= 11 is 0. The van der Waals surface area contributed by atoms with E-state index in [1.165, 1.54) is 19.8 Å². The maximum atomic E-state index is 13.6. The molecule has 4 nitrogen and oxygen atoms in total. The highest BCUT2D eigenvalue weighted by Crippen LogP contribution is 2.67. The van der Waals surface area contributed by atoms with Gasteiger partial charge in [-0.1, -0.05) is 53.0 Å². The van der Waals surface area contributed by atoms with E-state index in [1.807, 2.05) is 6.08 Å². The van der Waals surface area contributed by atoms with Gasteiger partial charge in [-0.15, -0.1) is 0 Å². The molecule has 0 aromatic rings. The Bertz CT molecular complexity index is 930. The summed E-state index contributed by atoms with van der Waals surface area (Å²) in [5.74, 6) is 2.43. The number of rotatable bonds is 7. The van der Waals surface area contributed by atoms with Crippen LogP contribution in [0.25, 0.3) is 0 Å². The summed E-state index contributed by atoms with van der Waals surface area (Å²) in [6.45, 7) is 14.5. The first-order valence-corrected chi connectivity index (χ1v) is 14.1. The molecule has 0 saturated heterocycles. The van der Waals surface area contributed by atoms with Crippen molar-refractivity contribution in [1.82, 2.24) is 0 Å². The van der Waals surface area contributed by atoms with Crippen molar-refractivity contribution in [2.24, 2.45) is 45.8 Å². The molecule has 196 valence electrons. The van der Waals surface area contributed by atoms with Crippen molar-refractivity contribution in [3.8, 4) is 0 Å². The van der Waals surface area contributed by atoms with Gasteiger partial charge < -0.3 is 5.11 Å². The van der Waals surface area contributed by atoms with Crippen LogP contribution in [0.3, 0.4) is 0 Å². The van der Waals surface area contributed by atoms with Gasteiger partial charge in [0.25, 0.3) is 0 Å². The van der Waals surface area contributed by atoms with Crippen LogP contribution >= 0.6 is 0 Å². The molecule has 4 heteroatoms. The number of ketones is 3. The first-order chi connectivity index (χ1) is 16.2. The van der Waals surface area contributed by atoms with E-state index in [4.69, 9.17) is 0 Å². The third kappa shape index (κ3) is 4.30. The zero-order chi connectivity index (χ0) is 26.0. The Kier molecular flexibility index (Phi) is 6.82. The Labute approximate surface area is 212 Å². The van der Waals surface area contributed by atoms with E-state index in [-0.39, 0.29) is 39.5 Å². The Morgan fingerprint density at radius 3 is 2.40 bits per heavy atom. The van der Waals surface area contributed by atoms with Crippen LogP contribution in [0.2, 0.25) is 0 Å². The molecule has 0 heterocycles. The lowest BCUT2D eigenvalue weighted by Gasteiger charge is -2.58. The number of allylic oxidation sites excluding steroid dienone is 1. The summed E-state index contributed by atoms with van der Waals surface area (Å²) in [7, 11) is 0. The number of carbonyl (C=O) groups excluding carboxylic acids is 3. The highest BCUT2D eigenvalue weighted by molar-refractivity contribution is 5.95. The van der Waals surface area contributed by atoms with Crippen molar-refractivity contribution in [3.63, 3.8) is 0 Å². The normalized spacial score (nSPS) is 41.9. The molecular formula is C31H48O4. The SMILES string of the molecule is CC(=O)C(C)(C)CCC[C@@H](C)[C@H]1CC[C@H]2[C@@H]3C(=O)C=C4C[C@](O)(C(C)=O)CC[C@]4(C)[C@H]3CC[C@]12C. The number of carbonyl (C=O) groups is 3. The maximum absolute atomic E-state index is 13.6. The smallest absolute Gasteiger partial charge is 0.161 e. The van der Waals surface area contributed by atoms with Gasteiger partial charge in [0.1, 0.15) is 11.4 Å². The van der Waals surface area contributed by atoms with Gasteiger partial charge in [0.15, 0.2) is 11.6 Å². The van der Waals surface area contributed by atoms with Crippen molar-refractivity contribution in [2.75, 3.05) is 0 Å². The number of aliphatic hydroxyl groups is 1. The molecule has 4 aliphatic rings. The molecule has 3 fully saturated rings. The van der Waals surface area contributed by atoms with Gasteiger partial charge in [0.05, 0.1) is 0 Å². The Morgan fingerprint density at radius 2 is 1.77 bits per heavy atom. The Morgan fingerprint density at radius 1 is 1.09 bits per heavy atom. The van der Waals surface area contributed by atoms with E-state index >= 15 is 0 Å². The van der Waals surface area contributed by atoms with E-state index in [2.05, 4.69) is 34.6 Å². The van der Waals surface area contributed by atoms with Crippen LogP contribution in [0.1, 0.15) is 113 Å². The number of hydrogen-bond donors (Lipinski definition) is 1. The molecule has 0 bridgehead atoms. The summed E-state index contributed by atoms with van der Waals surface area (Å²) < 4.78 is 0. The summed E-state index contributed by atoms with van der Waals surface area (Å²) in [4.78, 5) is 37.7. The van der Waals surface area contributed by atoms with E-state index < -0.39 is 5.60 Å². The summed E-state index contributed by atoms with van der Waals surface area (Å²) in [6, 6.07) is 0. The van der Waals surface area contributed by atoms with E-state index in [1.54, 1.807) is 6.92 Å². The van der Waals surface area contributed by atoms with Gasteiger partial charge in [-0.3, -0.25) is 14.4 Å². The zero-order valence-electron chi connectivity index (χ0n) is 23.2. The van der Waals surface area contributed by atoms with E-state index in [0.717, 1.165) is 44.1 Å².